The summed E-state index contributed by atoms with van der Waals surface area (Å²) in [6.07, 6.45) is 5.22. The third-order valence-electron chi connectivity index (χ3n) is 3.81. The van der Waals surface area contributed by atoms with Crippen LogP contribution < -0.4 is 5.32 Å². The van der Waals surface area contributed by atoms with Crippen LogP contribution >= 0.6 is 0 Å². The molecule has 5 heteroatoms. The number of likely N-dealkylation sites (tertiary alicyclic amines) is 1. The van der Waals surface area contributed by atoms with Crippen molar-refractivity contribution in [3.05, 3.63) is 0 Å². The summed E-state index contributed by atoms with van der Waals surface area (Å²) in [7, 11) is 0. The topological polar surface area (TPSA) is 69.6 Å². The van der Waals surface area contributed by atoms with E-state index in [2.05, 4.69) is 5.32 Å². The molecule has 1 saturated carbocycles. The van der Waals surface area contributed by atoms with Gasteiger partial charge >= 0.3 is 5.97 Å². The second-order valence-corrected chi connectivity index (χ2v) is 5.07. The number of nitrogens with one attached hydrogen (secondary N) is 1. The van der Waals surface area contributed by atoms with Crippen LogP contribution in [0.3, 0.4) is 0 Å². The number of carboxylic acids is 1. The second kappa shape index (κ2) is 5.49. The van der Waals surface area contributed by atoms with E-state index in [0.717, 1.165) is 13.0 Å². The summed E-state index contributed by atoms with van der Waals surface area (Å²) >= 11 is 0. The van der Waals surface area contributed by atoms with Gasteiger partial charge in [-0.2, -0.15) is 0 Å². The van der Waals surface area contributed by atoms with E-state index < -0.39 is 12.0 Å². The number of amides is 1. The monoisotopic (exact) mass is 240 g/mol. The van der Waals surface area contributed by atoms with Gasteiger partial charge in [0.15, 0.2) is 0 Å². The third kappa shape index (κ3) is 3.19. The summed E-state index contributed by atoms with van der Waals surface area (Å²) in [6.45, 7) is 1.70. The van der Waals surface area contributed by atoms with Gasteiger partial charge in [0.25, 0.3) is 0 Å². The Hall–Kier alpha value is -1.10. The van der Waals surface area contributed by atoms with Gasteiger partial charge < -0.3 is 10.4 Å². The lowest BCUT2D eigenvalue weighted by molar-refractivity contribution is -0.142. The van der Waals surface area contributed by atoms with Crippen molar-refractivity contribution < 1.29 is 14.7 Å². The molecule has 0 radical (unpaired) electrons. The van der Waals surface area contributed by atoms with Crippen LogP contribution in [0.1, 0.15) is 32.1 Å². The summed E-state index contributed by atoms with van der Waals surface area (Å²) in [5.41, 5.74) is 0. The molecule has 1 heterocycles. The van der Waals surface area contributed by atoms with Crippen LogP contribution in [0.4, 0.5) is 0 Å². The summed E-state index contributed by atoms with van der Waals surface area (Å²) in [5.74, 6) is -0.202. The molecule has 5 nitrogen and oxygen atoms in total. The third-order valence-corrected chi connectivity index (χ3v) is 3.81. The lowest BCUT2D eigenvalue weighted by Gasteiger charge is -2.26. The highest BCUT2D eigenvalue weighted by atomic mass is 16.4. The quantitative estimate of drug-likeness (QED) is 0.732. The summed E-state index contributed by atoms with van der Waals surface area (Å²) in [4.78, 5) is 24.4. The van der Waals surface area contributed by atoms with Crippen LogP contribution in [0.15, 0.2) is 0 Å². The number of nitrogens with zero attached hydrogens (tertiary/aromatic N) is 1. The fourth-order valence-electron chi connectivity index (χ4n) is 2.49. The van der Waals surface area contributed by atoms with E-state index in [1.165, 1.54) is 19.3 Å². The Morgan fingerprint density at radius 2 is 2.00 bits per heavy atom. The first kappa shape index (κ1) is 12.4. The molecule has 0 spiro atoms. The molecule has 96 valence electrons. The Kier molecular flexibility index (Phi) is 3.99. The Balaban J connectivity index is 1.71. The molecule has 1 saturated heterocycles. The van der Waals surface area contributed by atoms with Crippen molar-refractivity contribution in [3.63, 3.8) is 0 Å². The zero-order valence-corrected chi connectivity index (χ0v) is 10.0. The first-order chi connectivity index (χ1) is 8.16. The fraction of sp³-hybridized carbons (Fsp3) is 0.833. The molecule has 0 aromatic heterocycles. The molecule has 17 heavy (non-hydrogen) atoms. The van der Waals surface area contributed by atoms with E-state index in [1.807, 2.05) is 0 Å². The molecule has 1 aliphatic carbocycles. The Bertz CT molecular complexity index is 302. The summed E-state index contributed by atoms with van der Waals surface area (Å²) in [5, 5.41) is 11.9. The largest absolute Gasteiger partial charge is 0.480 e. The van der Waals surface area contributed by atoms with Gasteiger partial charge in [-0.15, -0.1) is 0 Å². The van der Waals surface area contributed by atoms with Gasteiger partial charge in [-0.3, -0.25) is 14.5 Å². The Morgan fingerprint density at radius 1 is 1.24 bits per heavy atom. The number of carbonyl (C=O) groups is 2. The Morgan fingerprint density at radius 3 is 2.59 bits per heavy atom. The number of aliphatic carboxylic acids is 1. The number of hydrogen-bond acceptors (Lipinski definition) is 3. The van der Waals surface area contributed by atoms with E-state index in [4.69, 9.17) is 5.11 Å². The predicted molar refractivity (Wildman–Crippen MR) is 62.6 cm³/mol. The van der Waals surface area contributed by atoms with E-state index in [9.17, 15) is 9.59 Å². The molecule has 2 fully saturated rings. The van der Waals surface area contributed by atoms with Gasteiger partial charge in [0, 0.05) is 6.54 Å². The molecule has 0 bridgehead atoms. The van der Waals surface area contributed by atoms with Crippen LogP contribution in [0, 0.1) is 5.92 Å². The molecular formula is C12H20N2O3. The molecule has 0 aromatic carbocycles. The molecule has 2 N–H and O–H groups in total. The van der Waals surface area contributed by atoms with E-state index in [1.54, 1.807) is 4.90 Å². The van der Waals surface area contributed by atoms with Gasteiger partial charge in [0.05, 0.1) is 6.54 Å². The number of carboxylic acid groups (broad SMARTS) is 1. The van der Waals surface area contributed by atoms with E-state index in [-0.39, 0.29) is 12.5 Å². The van der Waals surface area contributed by atoms with Crippen molar-refractivity contribution in [2.24, 2.45) is 5.92 Å². The number of carbonyl (C=O) groups excluding carboxylic acids is 1. The van der Waals surface area contributed by atoms with Gasteiger partial charge in [0.1, 0.15) is 6.04 Å². The maximum atomic E-state index is 11.7. The first-order valence-corrected chi connectivity index (χ1v) is 6.40. The number of hydrogen-bond donors (Lipinski definition) is 2. The second-order valence-electron chi connectivity index (χ2n) is 5.07. The maximum absolute atomic E-state index is 11.7. The van der Waals surface area contributed by atoms with Crippen molar-refractivity contribution in [2.75, 3.05) is 19.6 Å². The minimum atomic E-state index is -0.811. The average Bonchev–Trinajstić information content (AvgIpc) is 2.63. The van der Waals surface area contributed by atoms with Crippen LogP contribution in [-0.4, -0.2) is 47.6 Å². The molecule has 0 aromatic rings. The van der Waals surface area contributed by atoms with E-state index in [0.29, 0.717) is 18.9 Å². The molecule has 1 amide bonds. The molecule has 1 aliphatic heterocycles. The minimum absolute atomic E-state index is 0.0370. The fourth-order valence-corrected chi connectivity index (χ4v) is 2.49. The summed E-state index contributed by atoms with van der Waals surface area (Å²) < 4.78 is 0. The zero-order chi connectivity index (χ0) is 12.3. The van der Waals surface area contributed by atoms with Crippen LogP contribution in [0.25, 0.3) is 0 Å². The molecular weight excluding hydrogens is 220 g/mol. The lowest BCUT2D eigenvalue weighted by Crippen LogP contribution is -2.44. The van der Waals surface area contributed by atoms with Crippen molar-refractivity contribution in [1.82, 2.24) is 10.2 Å². The predicted octanol–water partition coefficient (Wildman–Crippen LogP) is 0.452. The average molecular weight is 240 g/mol. The van der Waals surface area contributed by atoms with Crippen LogP contribution in [0.5, 0.6) is 0 Å². The van der Waals surface area contributed by atoms with Crippen molar-refractivity contribution in [2.45, 2.75) is 38.1 Å². The van der Waals surface area contributed by atoms with Crippen LogP contribution in [-0.2, 0) is 9.59 Å². The zero-order valence-electron chi connectivity index (χ0n) is 10.0. The number of rotatable bonds is 5. The van der Waals surface area contributed by atoms with Crippen molar-refractivity contribution >= 4 is 11.9 Å². The van der Waals surface area contributed by atoms with Crippen molar-refractivity contribution in [3.8, 4) is 0 Å². The van der Waals surface area contributed by atoms with Crippen molar-refractivity contribution in [1.29, 1.82) is 0 Å². The molecule has 2 rings (SSSR count). The first-order valence-electron chi connectivity index (χ1n) is 6.40. The SMILES string of the molecule is O=C(CN1CCCC1C(=O)O)NCC1CCC1. The normalized spacial score (nSPS) is 25.5. The highest BCUT2D eigenvalue weighted by Crippen LogP contribution is 2.25. The lowest BCUT2D eigenvalue weighted by atomic mass is 9.85. The highest BCUT2D eigenvalue weighted by molar-refractivity contribution is 5.80. The maximum Gasteiger partial charge on any atom is 0.320 e. The minimum Gasteiger partial charge on any atom is -0.480 e. The van der Waals surface area contributed by atoms with Crippen LogP contribution in [0.2, 0.25) is 0 Å². The standard InChI is InChI=1S/C12H20N2O3/c15-11(13-7-9-3-1-4-9)8-14-6-2-5-10(14)12(16)17/h9-10H,1-8H2,(H,13,15)(H,16,17). The smallest absolute Gasteiger partial charge is 0.320 e. The van der Waals surface area contributed by atoms with E-state index >= 15 is 0 Å². The molecule has 2 aliphatic rings. The van der Waals surface area contributed by atoms with Gasteiger partial charge in [-0.05, 0) is 38.1 Å². The molecule has 1 unspecified atom stereocenters. The van der Waals surface area contributed by atoms with Gasteiger partial charge in [-0.25, -0.2) is 0 Å². The summed E-state index contributed by atoms with van der Waals surface area (Å²) in [6, 6.07) is -0.468. The highest BCUT2D eigenvalue weighted by Gasteiger charge is 2.31. The molecule has 1 atom stereocenters. The van der Waals surface area contributed by atoms with Gasteiger partial charge in [-0.1, -0.05) is 6.42 Å². The Labute approximate surface area is 101 Å². The van der Waals surface area contributed by atoms with Gasteiger partial charge in [0.2, 0.25) is 5.91 Å².